The summed E-state index contributed by atoms with van der Waals surface area (Å²) in [4.78, 5) is 34.2. The van der Waals surface area contributed by atoms with Gasteiger partial charge < -0.3 is 15.4 Å². The quantitative estimate of drug-likeness (QED) is 0.436. The summed E-state index contributed by atoms with van der Waals surface area (Å²) >= 11 is 1.37. The van der Waals surface area contributed by atoms with Crippen molar-refractivity contribution in [3.05, 3.63) is 52.6 Å². The molecule has 0 aromatic heterocycles. The highest BCUT2D eigenvalue weighted by Gasteiger charge is 2.17. The molecule has 2 N–H and O–H groups in total. The third kappa shape index (κ3) is 5.49. The summed E-state index contributed by atoms with van der Waals surface area (Å²) in [6, 6.07) is 11.1. The SMILES string of the molecule is CSc1ccc(OCC(=O)Nc2ccc(NC(C)=O)cc2)c([N+](=O)[O-])c1. The number of anilines is 2. The van der Waals surface area contributed by atoms with E-state index in [2.05, 4.69) is 10.6 Å². The standard InChI is InChI=1S/C17H17N3O5S/c1-11(21)18-12-3-5-13(6-4-12)19-17(22)10-25-16-8-7-14(26-2)9-15(16)20(23)24/h3-9H,10H2,1-2H3,(H,18,21)(H,19,22). The van der Waals surface area contributed by atoms with Crippen LogP contribution in [-0.4, -0.2) is 29.6 Å². The summed E-state index contributed by atoms with van der Waals surface area (Å²) in [6.07, 6.45) is 1.81. The van der Waals surface area contributed by atoms with Gasteiger partial charge in [-0.15, -0.1) is 11.8 Å². The molecule has 0 bridgehead atoms. The minimum Gasteiger partial charge on any atom is -0.477 e. The number of carbonyl (C=O) groups is 2. The maximum absolute atomic E-state index is 12.0. The Bertz CT molecular complexity index is 824. The molecule has 2 amide bonds. The first-order valence-electron chi connectivity index (χ1n) is 7.52. The first-order valence-corrected chi connectivity index (χ1v) is 8.74. The van der Waals surface area contributed by atoms with Crippen LogP contribution in [0.25, 0.3) is 0 Å². The molecule has 0 saturated heterocycles. The van der Waals surface area contributed by atoms with Gasteiger partial charge in [-0.05, 0) is 42.7 Å². The van der Waals surface area contributed by atoms with Crippen LogP contribution < -0.4 is 15.4 Å². The summed E-state index contributed by atoms with van der Waals surface area (Å²) in [6.45, 7) is 1.03. The second-order valence-corrected chi connectivity index (χ2v) is 6.07. The summed E-state index contributed by atoms with van der Waals surface area (Å²) in [5.74, 6) is -0.617. The van der Waals surface area contributed by atoms with Crippen molar-refractivity contribution in [2.24, 2.45) is 0 Å². The Morgan fingerprint density at radius 2 is 1.73 bits per heavy atom. The van der Waals surface area contributed by atoms with Gasteiger partial charge in [-0.2, -0.15) is 0 Å². The Labute approximate surface area is 154 Å². The van der Waals surface area contributed by atoms with E-state index in [0.29, 0.717) is 11.4 Å². The van der Waals surface area contributed by atoms with Crippen molar-refractivity contribution in [3.8, 4) is 5.75 Å². The second kappa shape index (κ2) is 8.86. The smallest absolute Gasteiger partial charge is 0.312 e. The molecule has 136 valence electrons. The molecule has 9 heteroatoms. The number of nitro groups is 1. The number of nitrogens with one attached hydrogen (secondary N) is 2. The van der Waals surface area contributed by atoms with E-state index in [1.807, 2.05) is 6.26 Å². The van der Waals surface area contributed by atoms with Crippen molar-refractivity contribution in [2.45, 2.75) is 11.8 Å². The van der Waals surface area contributed by atoms with Crippen LogP contribution in [0, 0.1) is 10.1 Å². The van der Waals surface area contributed by atoms with E-state index in [0.717, 1.165) is 4.90 Å². The number of amides is 2. The van der Waals surface area contributed by atoms with Crippen molar-refractivity contribution < 1.29 is 19.2 Å². The van der Waals surface area contributed by atoms with Gasteiger partial charge in [-0.25, -0.2) is 0 Å². The number of ether oxygens (including phenoxy) is 1. The Kier molecular flexibility index (Phi) is 6.56. The van der Waals surface area contributed by atoms with Crippen molar-refractivity contribution in [2.75, 3.05) is 23.5 Å². The number of benzene rings is 2. The van der Waals surface area contributed by atoms with E-state index < -0.39 is 10.8 Å². The molecule has 2 aromatic carbocycles. The van der Waals surface area contributed by atoms with Crippen LogP contribution in [0.1, 0.15) is 6.92 Å². The highest BCUT2D eigenvalue weighted by Crippen LogP contribution is 2.31. The van der Waals surface area contributed by atoms with E-state index in [1.165, 1.54) is 30.8 Å². The third-order valence-electron chi connectivity index (χ3n) is 3.21. The molecule has 0 atom stereocenters. The molecular weight excluding hydrogens is 358 g/mol. The fourth-order valence-corrected chi connectivity index (χ4v) is 2.50. The number of nitro benzene ring substituents is 1. The normalized spacial score (nSPS) is 10.1. The van der Waals surface area contributed by atoms with E-state index >= 15 is 0 Å². The van der Waals surface area contributed by atoms with E-state index in [-0.39, 0.29) is 24.0 Å². The van der Waals surface area contributed by atoms with Gasteiger partial charge in [0.15, 0.2) is 12.4 Å². The number of carbonyl (C=O) groups excluding carboxylic acids is 2. The molecule has 0 aliphatic carbocycles. The van der Waals surface area contributed by atoms with Crippen LogP contribution in [0.5, 0.6) is 5.75 Å². The lowest BCUT2D eigenvalue weighted by molar-refractivity contribution is -0.386. The molecule has 0 heterocycles. The largest absolute Gasteiger partial charge is 0.477 e. The van der Waals surface area contributed by atoms with E-state index in [1.54, 1.807) is 30.3 Å². The van der Waals surface area contributed by atoms with Crippen LogP contribution in [-0.2, 0) is 9.59 Å². The molecule has 2 rings (SSSR count). The molecule has 26 heavy (non-hydrogen) atoms. The molecule has 0 unspecified atom stereocenters. The monoisotopic (exact) mass is 375 g/mol. The molecular formula is C17H17N3O5S. The van der Waals surface area contributed by atoms with Crippen LogP contribution in [0.2, 0.25) is 0 Å². The molecule has 0 fully saturated rings. The molecule has 0 aliphatic heterocycles. The van der Waals surface area contributed by atoms with Gasteiger partial charge in [0.1, 0.15) is 0 Å². The Hall–Kier alpha value is -3.07. The van der Waals surface area contributed by atoms with Crippen LogP contribution in [0.4, 0.5) is 17.1 Å². The second-order valence-electron chi connectivity index (χ2n) is 5.19. The average molecular weight is 375 g/mol. The number of rotatable bonds is 7. The number of nitrogens with zero attached hydrogens (tertiary/aromatic N) is 1. The molecule has 0 radical (unpaired) electrons. The lowest BCUT2D eigenvalue weighted by Gasteiger charge is -2.09. The predicted molar refractivity (Wildman–Crippen MR) is 99.7 cm³/mol. The fourth-order valence-electron chi connectivity index (χ4n) is 2.07. The zero-order valence-electron chi connectivity index (χ0n) is 14.1. The summed E-state index contributed by atoms with van der Waals surface area (Å²) in [5.41, 5.74) is 0.931. The van der Waals surface area contributed by atoms with Gasteiger partial charge in [0.2, 0.25) is 5.91 Å². The van der Waals surface area contributed by atoms with Crippen molar-refractivity contribution in [3.63, 3.8) is 0 Å². The van der Waals surface area contributed by atoms with Gasteiger partial charge in [0, 0.05) is 29.3 Å². The van der Waals surface area contributed by atoms with Crippen molar-refractivity contribution >= 4 is 40.6 Å². The van der Waals surface area contributed by atoms with Gasteiger partial charge in [-0.3, -0.25) is 19.7 Å². The lowest BCUT2D eigenvalue weighted by atomic mass is 10.2. The van der Waals surface area contributed by atoms with Gasteiger partial charge in [0.05, 0.1) is 4.92 Å². The van der Waals surface area contributed by atoms with Crippen molar-refractivity contribution in [1.82, 2.24) is 0 Å². The van der Waals surface area contributed by atoms with E-state index in [4.69, 9.17) is 4.74 Å². The first kappa shape index (κ1) is 19.3. The van der Waals surface area contributed by atoms with Gasteiger partial charge >= 0.3 is 5.69 Å². The van der Waals surface area contributed by atoms with Crippen LogP contribution in [0.15, 0.2) is 47.4 Å². The van der Waals surface area contributed by atoms with Gasteiger partial charge in [-0.1, -0.05) is 0 Å². The number of thioether (sulfide) groups is 1. The highest BCUT2D eigenvalue weighted by molar-refractivity contribution is 7.98. The lowest BCUT2D eigenvalue weighted by Crippen LogP contribution is -2.20. The van der Waals surface area contributed by atoms with Crippen molar-refractivity contribution in [1.29, 1.82) is 0 Å². The zero-order valence-corrected chi connectivity index (χ0v) is 15.0. The number of hydrogen-bond acceptors (Lipinski definition) is 6. The summed E-state index contributed by atoms with van der Waals surface area (Å²) in [5, 5.41) is 16.3. The van der Waals surface area contributed by atoms with Crippen LogP contribution in [0.3, 0.4) is 0 Å². The highest BCUT2D eigenvalue weighted by atomic mass is 32.2. The minimum atomic E-state index is -0.548. The maximum Gasteiger partial charge on any atom is 0.312 e. The van der Waals surface area contributed by atoms with Gasteiger partial charge in [0.25, 0.3) is 5.91 Å². The number of hydrogen-bond donors (Lipinski definition) is 2. The first-order chi connectivity index (χ1) is 12.4. The molecule has 8 nitrogen and oxygen atoms in total. The fraction of sp³-hybridized carbons (Fsp3) is 0.176. The topological polar surface area (TPSA) is 111 Å². The Morgan fingerprint density at radius 3 is 2.27 bits per heavy atom. The molecule has 0 aliphatic rings. The Morgan fingerprint density at radius 1 is 1.12 bits per heavy atom. The van der Waals surface area contributed by atoms with Crippen LogP contribution >= 0.6 is 11.8 Å². The molecule has 2 aromatic rings. The van der Waals surface area contributed by atoms with E-state index in [9.17, 15) is 19.7 Å². The predicted octanol–water partition coefficient (Wildman–Crippen LogP) is 3.29. The summed E-state index contributed by atoms with van der Waals surface area (Å²) in [7, 11) is 0. The molecule has 0 spiro atoms. The molecule has 0 saturated carbocycles. The minimum absolute atomic E-state index is 0.0314. The Balaban J connectivity index is 1.96. The third-order valence-corrected chi connectivity index (χ3v) is 3.94. The maximum atomic E-state index is 12.0. The summed E-state index contributed by atoms with van der Waals surface area (Å²) < 4.78 is 5.29. The zero-order chi connectivity index (χ0) is 19.1. The average Bonchev–Trinajstić information content (AvgIpc) is 2.61.